The number of rotatable bonds is 3. The van der Waals surface area contributed by atoms with Gasteiger partial charge < -0.3 is 9.47 Å². The summed E-state index contributed by atoms with van der Waals surface area (Å²) in [6.45, 7) is 12.1. The van der Waals surface area contributed by atoms with Crippen molar-refractivity contribution in [2.24, 2.45) is 5.41 Å². The molecule has 18 heavy (non-hydrogen) atoms. The van der Waals surface area contributed by atoms with Crippen molar-refractivity contribution in [3.8, 4) is 0 Å². The molecule has 1 aliphatic carbocycles. The molecule has 0 atom stereocenters. The molecule has 0 saturated heterocycles. The zero-order valence-electron chi connectivity index (χ0n) is 12.3. The zero-order valence-corrected chi connectivity index (χ0v) is 12.3. The van der Waals surface area contributed by atoms with E-state index in [0.717, 1.165) is 6.42 Å². The molecule has 0 aliphatic heterocycles. The second-order valence-electron chi connectivity index (χ2n) is 6.16. The predicted octanol–water partition coefficient (Wildman–Crippen LogP) is 3.60. The van der Waals surface area contributed by atoms with Gasteiger partial charge in [-0.15, -0.1) is 0 Å². The van der Waals surface area contributed by atoms with E-state index < -0.39 is 5.60 Å². The average molecular weight is 252 g/mol. The van der Waals surface area contributed by atoms with Crippen LogP contribution in [0.2, 0.25) is 0 Å². The van der Waals surface area contributed by atoms with Gasteiger partial charge in [-0.1, -0.05) is 19.9 Å². The van der Waals surface area contributed by atoms with E-state index >= 15 is 0 Å². The average Bonchev–Trinajstić information content (AvgIpc) is 2.13. The van der Waals surface area contributed by atoms with E-state index in [2.05, 4.69) is 0 Å². The lowest BCUT2D eigenvalue weighted by atomic mass is 9.77. The maximum atomic E-state index is 12.3. The topological polar surface area (TPSA) is 35.5 Å². The fourth-order valence-corrected chi connectivity index (χ4v) is 1.96. The monoisotopic (exact) mass is 252 g/mol. The van der Waals surface area contributed by atoms with Crippen molar-refractivity contribution in [2.75, 3.05) is 6.61 Å². The van der Waals surface area contributed by atoms with E-state index in [-0.39, 0.29) is 11.4 Å². The zero-order chi connectivity index (χ0) is 14.0. The highest BCUT2D eigenvalue weighted by Gasteiger charge is 2.36. The summed E-state index contributed by atoms with van der Waals surface area (Å²) in [7, 11) is 0. The summed E-state index contributed by atoms with van der Waals surface area (Å²) >= 11 is 0. The normalized spacial score (nSPS) is 18.8. The van der Waals surface area contributed by atoms with Crippen LogP contribution >= 0.6 is 0 Å². The van der Waals surface area contributed by atoms with Crippen LogP contribution in [0.1, 0.15) is 48.0 Å². The number of allylic oxidation sites excluding steroid dienone is 2. The van der Waals surface area contributed by atoms with E-state index in [9.17, 15) is 4.79 Å². The molecule has 0 radical (unpaired) electrons. The minimum absolute atomic E-state index is 0.248. The second-order valence-corrected chi connectivity index (χ2v) is 6.16. The van der Waals surface area contributed by atoms with Gasteiger partial charge >= 0.3 is 5.97 Å². The lowest BCUT2D eigenvalue weighted by Crippen LogP contribution is -2.32. The summed E-state index contributed by atoms with van der Waals surface area (Å²) in [5.74, 6) is 0.364. The molecule has 0 aromatic carbocycles. The summed E-state index contributed by atoms with van der Waals surface area (Å²) in [6.07, 6.45) is 4.73. The van der Waals surface area contributed by atoms with Gasteiger partial charge in [0.25, 0.3) is 0 Å². The van der Waals surface area contributed by atoms with Crippen molar-refractivity contribution >= 4 is 5.97 Å². The van der Waals surface area contributed by atoms with Gasteiger partial charge in [-0.2, -0.15) is 0 Å². The van der Waals surface area contributed by atoms with Crippen LogP contribution in [0, 0.1) is 5.41 Å². The third kappa shape index (κ3) is 3.62. The first-order valence-corrected chi connectivity index (χ1v) is 6.45. The molecule has 0 heterocycles. The van der Waals surface area contributed by atoms with Gasteiger partial charge in [0.2, 0.25) is 0 Å². The molecular formula is C15H24O3. The van der Waals surface area contributed by atoms with Crippen LogP contribution in [0.25, 0.3) is 0 Å². The summed E-state index contributed by atoms with van der Waals surface area (Å²) < 4.78 is 11.0. The molecule has 0 amide bonds. The predicted molar refractivity (Wildman–Crippen MR) is 72.0 cm³/mol. The van der Waals surface area contributed by atoms with Crippen LogP contribution < -0.4 is 0 Å². The van der Waals surface area contributed by atoms with E-state index in [1.54, 1.807) is 0 Å². The van der Waals surface area contributed by atoms with Crippen LogP contribution in [-0.2, 0) is 14.3 Å². The number of carbonyl (C=O) groups excluding carboxylic acids is 1. The van der Waals surface area contributed by atoms with Gasteiger partial charge in [0.05, 0.1) is 12.2 Å². The Morgan fingerprint density at radius 3 is 2.50 bits per heavy atom. The standard InChI is InChI=1S/C15H24O3/c1-7-17-11-9-8-10-15(5,6)12(11)13(16)18-14(2,3)4/h8-9H,7,10H2,1-6H3. The molecule has 3 heteroatoms. The molecular weight excluding hydrogens is 228 g/mol. The fourth-order valence-electron chi connectivity index (χ4n) is 1.96. The summed E-state index contributed by atoms with van der Waals surface area (Å²) in [4.78, 5) is 12.3. The Labute approximate surface area is 110 Å². The highest BCUT2D eigenvalue weighted by molar-refractivity contribution is 5.91. The van der Waals surface area contributed by atoms with Crippen molar-refractivity contribution in [1.29, 1.82) is 0 Å². The van der Waals surface area contributed by atoms with Gasteiger partial charge in [-0.25, -0.2) is 4.79 Å². The quantitative estimate of drug-likeness (QED) is 0.720. The molecule has 3 nitrogen and oxygen atoms in total. The minimum Gasteiger partial charge on any atom is -0.493 e. The van der Waals surface area contributed by atoms with Crippen LogP contribution in [0.15, 0.2) is 23.5 Å². The summed E-state index contributed by atoms with van der Waals surface area (Å²) in [5, 5.41) is 0. The van der Waals surface area contributed by atoms with Crippen molar-refractivity contribution in [3.63, 3.8) is 0 Å². The first-order valence-electron chi connectivity index (χ1n) is 6.45. The minimum atomic E-state index is -0.487. The number of esters is 1. The van der Waals surface area contributed by atoms with Gasteiger partial charge in [0.15, 0.2) is 0 Å². The number of hydrogen-bond acceptors (Lipinski definition) is 3. The van der Waals surface area contributed by atoms with Crippen molar-refractivity contribution in [3.05, 3.63) is 23.5 Å². The van der Waals surface area contributed by atoms with Crippen LogP contribution in [0.3, 0.4) is 0 Å². The van der Waals surface area contributed by atoms with E-state index in [1.807, 2.05) is 53.7 Å². The Kier molecular flexibility index (Phi) is 4.25. The smallest absolute Gasteiger partial charge is 0.338 e. The maximum Gasteiger partial charge on any atom is 0.338 e. The highest BCUT2D eigenvalue weighted by Crippen LogP contribution is 2.38. The fraction of sp³-hybridized carbons (Fsp3) is 0.667. The Morgan fingerprint density at radius 2 is 2.00 bits per heavy atom. The largest absolute Gasteiger partial charge is 0.493 e. The highest BCUT2D eigenvalue weighted by atomic mass is 16.6. The molecule has 0 unspecified atom stereocenters. The van der Waals surface area contributed by atoms with Gasteiger partial charge in [0, 0.05) is 5.41 Å². The molecule has 1 aliphatic rings. The van der Waals surface area contributed by atoms with E-state index in [4.69, 9.17) is 9.47 Å². The Balaban J connectivity index is 3.10. The van der Waals surface area contributed by atoms with Crippen molar-refractivity contribution in [1.82, 2.24) is 0 Å². The molecule has 102 valence electrons. The first-order chi connectivity index (χ1) is 8.17. The number of carbonyl (C=O) groups is 1. The summed E-state index contributed by atoms with van der Waals surface area (Å²) in [5.41, 5.74) is -0.0953. The van der Waals surface area contributed by atoms with Gasteiger partial charge in [-0.05, 0) is 40.2 Å². The molecule has 0 saturated carbocycles. The summed E-state index contributed by atoms with van der Waals surface area (Å²) in [6, 6.07) is 0. The first kappa shape index (κ1) is 14.8. The van der Waals surface area contributed by atoms with Crippen LogP contribution in [0.4, 0.5) is 0 Å². The Hall–Kier alpha value is -1.25. The Bertz CT molecular complexity index is 381. The number of hydrogen-bond donors (Lipinski definition) is 0. The molecule has 0 bridgehead atoms. The van der Waals surface area contributed by atoms with Crippen molar-refractivity contribution in [2.45, 2.75) is 53.6 Å². The third-order valence-corrected chi connectivity index (χ3v) is 2.72. The third-order valence-electron chi connectivity index (χ3n) is 2.72. The molecule has 0 fully saturated rings. The Morgan fingerprint density at radius 1 is 1.39 bits per heavy atom. The molecule has 0 aromatic rings. The van der Waals surface area contributed by atoms with Crippen molar-refractivity contribution < 1.29 is 14.3 Å². The van der Waals surface area contributed by atoms with Gasteiger partial charge in [0.1, 0.15) is 11.4 Å². The lowest BCUT2D eigenvalue weighted by molar-refractivity contribution is -0.151. The maximum absolute atomic E-state index is 12.3. The SMILES string of the molecule is CCOC1=C(C(=O)OC(C)(C)C)C(C)(C)CC=C1. The molecule has 0 aromatic heterocycles. The van der Waals surface area contributed by atoms with Crippen LogP contribution in [-0.4, -0.2) is 18.2 Å². The number of ether oxygens (including phenoxy) is 2. The van der Waals surface area contributed by atoms with Crippen LogP contribution in [0.5, 0.6) is 0 Å². The van der Waals surface area contributed by atoms with E-state index in [1.165, 1.54) is 0 Å². The molecule has 1 rings (SSSR count). The second kappa shape index (κ2) is 5.17. The van der Waals surface area contributed by atoms with E-state index in [0.29, 0.717) is 17.9 Å². The molecule has 0 spiro atoms. The lowest BCUT2D eigenvalue weighted by Gasteiger charge is -2.32. The van der Waals surface area contributed by atoms with Gasteiger partial charge in [-0.3, -0.25) is 0 Å². The molecule has 0 N–H and O–H groups in total.